The number of rotatable bonds is 5. The molecule has 4 N–H and O–H groups in total. The lowest BCUT2D eigenvalue weighted by Crippen LogP contribution is -2.45. The third kappa shape index (κ3) is 4.01. The van der Waals surface area contributed by atoms with Crippen molar-refractivity contribution in [3.8, 4) is 17.2 Å². The number of carbonyl (C=O) groups is 1. The van der Waals surface area contributed by atoms with Crippen LogP contribution < -0.4 is 25.4 Å². The average molecular weight is 399 g/mol. The highest BCUT2D eigenvalue weighted by Crippen LogP contribution is 2.32. The van der Waals surface area contributed by atoms with Crippen molar-refractivity contribution in [3.63, 3.8) is 0 Å². The Morgan fingerprint density at radius 3 is 2.50 bits per heavy atom. The molecule has 1 amide bonds. The van der Waals surface area contributed by atoms with Gasteiger partial charge in [-0.15, -0.1) is 0 Å². The number of thiocarbonyl (C=S) groups is 1. The number of methoxy groups -OCH3 is 2. The van der Waals surface area contributed by atoms with E-state index in [0.717, 1.165) is 5.56 Å². The Bertz CT molecular complexity index is 941. The van der Waals surface area contributed by atoms with Crippen LogP contribution in [0.3, 0.4) is 0 Å². The molecule has 1 unspecified atom stereocenters. The largest absolute Gasteiger partial charge is 0.508 e. The van der Waals surface area contributed by atoms with Crippen molar-refractivity contribution in [2.45, 2.75) is 13.0 Å². The van der Waals surface area contributed by atoms with Gasteiger partial charge in [-0.3, -0.25) is 4.79 Å². The van der Waals surface area contributed by atoms with Gasteiger partial charge in [-0.1, -0.05) is 12.1 Å². The molecule has 0 fully saturated rings. The molecule has 0 aliphatic carbocycles. The summed E-state index contributed by atoms with van der Waals surface area (Å²) in [5.41, 5.74) is 2.45. The molecule has 1 aliphatic rings. The molecule has 0 aromatic heterocycles. The Labute approximate surface area is 168 Å². The Morgan fingerprint density at radius 2 is 1.86 bits per heavy atom. The Hall–Kier alpha value is -3.26. The standard InChI is InChI=1S/C20H21N3O4S/c1-11-17(18(23-20(28)21-11)12-4-6-13(24)7-5-12)19(25)22-15-9-8-14(26-2)10-16(15)27-3/h4-10,18,24H,1-3H3,(H,22,25)(H2,21,23,28). The van der Waals surface area contributed by atoms with E-state index >= 15 is 0 Å². The van der Waals surface area contributed by atoms with Crippen molar-refractivity contribution >= 4 is 28.9 Å². The van der Waals surface area contributed by atoms with E-state index in [1.165, 1.54) is 7.11 Å². The third-order valence-electron chi connectivity index (χ3n) is 4.40. The number of hydrogen-bond acceptors (Lipinski definition) is 5. The summed E-state index contributed by atoms with van der Waals surface area (Å²) in [6.07, 6.45) is 0. The lowest BCUT2D eigenvalue weighted by Gasteiger charge is -2.30. The van der Waals surface area contributed by atoms with Crippen molar-refractivity contribution in [2.24, 2.45) is 0 Å². The third-order valence-corrected chi connectivity index (χ3v) is 4.62. The van der Waals surface area contributed by atoms with Crippen LogP contribution in [0.2, 0.25) is 0 Å². The molecule has 0 spiro atoms. The van der Waals surface area contributed by atoms with Crippen LogP contribution in [0, 0.1) is 0 Å². The molecule has 1 aliphatic heterocycles. The van der Waals surface area contributed by atoms with Crippen LogP contribution in [0.1, 0.15) is 18.5 Å². The number of amides is 1. The molecule has 146 valence electrons. The predicted octanol–water partition coefficient (Wildman–Crippen LogP) is 2.84. The normalized spacial score (nSPS) is 16.1. The molecule has 1 atom stereocenters. The topological polar surface area (TPSA) is 91.9 Å². The van der Waals surface area contributed by atoms with Crippen LogP contribution in [0.4, 0.5) is 5.69 Å². The molecular weight excluding hydrogens is 378 g/mol. The molecular formula is C20H21N3O4S. The van der Waals surface area contributed by atoms with Crippen LogP contribution in [-0.4, -0.2) is 30.3 Å². The predicted molar refractivity (Wildman–Crippen MR) is 111 cm³/mol. The number of hydrogen-bond donors (Lipinski definition) is 4. The fourth-order valence-electron chi connectivity index (χ4n) is 3.00. The quantitative estimate of drug-likeness (QED) is 0.575. The lowest BCUT2D eigenvalue weighted by atomic mass is 9.95. The summed E-state index contributed by atoms with van der Waals surface area (Å²) in [4.78, 5) is 13.1. The van der Waals surface area contributed by atoms with Crippen molar-refractivity contribution in [1.82, 2.24) is 10.6 Å². The highest BCUT2D eigenvalue weighted by atomic mass is 32.1. The SMILES string of the molecule is COc1ccc(NC(=O)C2=C(C)NC(=S)NC2c2ccc(O)cc2)c(OC)c1. The smallest absolute Gasteiger partial charge is 0.255 e. The minimum Gasteiger partial charge on any atom is -0.508 e. The fraction of sp³-hybridized carbons (Fsp3) is 0.200. The van der Waals surface area contributed by atoms with E-state index in [9.17, 15) is 9.90 Å². The van der Waals surface area contributed by atoms with Crippen LogP contribution >= 0.6 is 12.2 Å². The van der Waals surface area contributed by atoms with Crippen LogP contribution in [0.15, 0.2) is 53.7 Å². The molecule has 0 saturated heterocycles. The Balaban J connectivity index is 1.94. The van der Waals surface area contributed by atoms with Gasteiger partial charge in [0.15, 0.2) is 5.11 Å². The summed E-state index contributed by atoms with van der Waals surface area (Å²) in [6, 6.07) is 11.3. The summed E-state index contributed by atoms with van der Waals surface area (Å²) < 4.78 is 10.5. The van der Waals surface area contributed by atoms with Gasteiger partial charge >= 0.3 is 0 Å². The number of ether oxygens (including phenoxy) is 2. The van der Waals surface area contributed by atoms with Gasteiger partial charge < -0.3 is 30.5 Å². The molecule has 1 heterocycles. The minimum atomic E-state index is -0.460. The highest BCUT2D eigenvalue weighted by molar-refractivity contribution is 7.80. The lowest BCUT2D eigenvalue weighted by molar-refractivity contribution is -0.113. The highest BCUT2D eigenvalue weighted by Gasteiger charge is 2.30. The number of allylic oxidation sites excluding steroid dienone is 1. The maximum atomic E-state index is 13.1. The monoisotopic (exact) mass is 399 g/mol. The van der Waals surface area contributed by atoms with Gasteiger partial charge in [-0.05, 0) is 49.0 Å². The molecule has 2 aromatic rings. The summed E-state index contributed by atoms with van der Waals surface area (Å²) >= 11 is 5.25. The molecule has 28 heavy (non-hydrogen) atoms. The van der Waals surface area contributed by atoms with E-state index in [2.05, 4.69) is 16.0 Å². The van der Waals surface area contributed by atoms with Crippen molar-refractivity contribution in [2.75, 3.05) is 19.5 Å². The molecule has 0 radical (unpaired) electrons. The average Bonchev–Trinajstić information content (AvgIpc) is 2.68. The molecule has 0 bridgehead atoms. The van der Waals surface area contributed by atoms with Gasteiger partial charge in [-0.25, -0.2) is 0 Å². The first-order valence-corrected chi connectivity index (χ1v) is 8.94. The first kappa shape index (κ1) is 19.5. The van der Waals surface area contributed by atoms with E-state index in [4.69, 9.17) is 21.7 Å². The Morgan fingerprint density at radius 1 is 1.14 bits per heavy atom. The van der Waals surface area contributed by atoms with E-state index in [0.29, 0.717) is 33.6 Å². The van der Waals surface area contributed by atoms with E-state index in [1.807, 2.05) is 0 Å². The zero-order valence-corrected chi connectivity index (χ0v) is 16.5. The number of anilines is 1. The summed E-state index contributed by atoms with van der Waals surface area (Å²) in [5, 5.41) is 19.0. The van der Waals surface area contributed by atoms with Gasteiger partial charge in [0.1, 0.15) is 17.2 Å². The number of nitrogens with one attached hydrogen (secondary N) is 3. The van der Waals surface area contributed by atoms with Crippen molar-refractivity contribution < 1.29 is 19.4 Å². The fourth-order valence-corrected chi connectivity index (χ4v) is 3.27. The number of aromatic hydroxyl groups is 1. The van der Waals surface area contributed by atoms with Gasteiger partial charge in [-0.2, -0.15) is 0 Å². The number of carbonyl (C=O) groups excluding carboxylic acids is 1. The zero-order chi connectivity index (χ0) is 20.3. The minimum absolute atomic E-state index is 0.148. The first-order valence-electron chi connectivity index (χ1n) is 8.53. The maximum Gasteiger partial charge on any atom is 0.255 e. The number of phenols is 1. The van der Waals surface area contributed by atoms with Crippen LogP contribution in [0.25, 0.3) is 0 Å². The molecule has 8 heteroatoms. The molecule has 7 nitrogen and oxygen atoms in total. The van der Waals surface area contributed by atoms with Crippen LogP contribution in [0.5, 0.6) is 17.2 Å². The van der Waals surface area contributed by atoms with Crippen LogP contribution in [-0.2, 0) is 4.79 Å². The van der Waals surface area contributed by atoms with E-state index in [1.54, 1.807) is 56.5 Å². The molecule has 0 saturated carbocycles. The van der Waals surface area contributed by atoms with Gasteiger partial charge in [0.2, 0.25) is 0 Å². The van der Waals surface area contributed by atoms with E-state index < -0.39 is 6.04 Å². The number of benzene rings is 2. The number of phenolic OH excluding ortho intramolecular Hbond substituents is 1. The maximum absolute atomic E-state index is 13.1. The molecule has 2 aromatic carbocycles. The van der Waals surface area contributed by atoms with Crippen molar-refractivity contribution in [3.05, 3.63) is 59.3 Å². The van der Waals surface area contributed by atoms with Gasteiger partial charge in [0, 0.05) is 11.8 Å². The zero-order valence-electron chi connectivity index (χ0n) is 15.7. The van der Waals surface area contributed by atoms with Gasteiger partial charge in [0.25, 0.3) is 5.91 Å². The van der Waals surface area contributed by atoms with Gasteiger partial charge in [0.05, 0.1) is 31.5 Å². The summed E-state index contributed by atoms with van der Waals surface area (Å²) in [7, 11) is 3.09. The second-order valence-electron chi connectivity index (χ2n) is 6.18. The summed E-state index contributed by atoms with van der Waals surface area (Å²) in [6.45, 7) is 1.79. The second-order valence-corrected chi connectivity index (χ2v) is 6.59. The van der Waals surface area contributed by atoms with E-state index in [-0.39, 0.29) is 11.7 Å². The summed E-state index contributed by atoms with van der Waals surface area (Å²) in [5.74, 6) is 0.953. The Kier molecular flexibility index (Phi) is 5.70. The van der Waals surface area contributed by atoms with Crippen molar-refractivity contribution in [1.29, 1.82) is 0 Å². The first-order chi connectivity index (χ1) is 13.4. The second kappa shape index (κ2) is 8.18. The molecule has 3 rings (SSSR count).